The van der Waals surface area contributed by atoms with Crippen LogP contribution in [0.2, 0.25) is 0 Å². The molecule has 1 aliphatic rings. The number of carbonyl (C=O) groups excluding carboxylic acids is 16. The number of ketones is 1. The van der Waals surface area contributed by atoms with Crippen molar-refractivity contribution in [2.75, 3.05) is 32.0 Å². The van der Waals surface area contributed by atoms with Gasteiger partial charge in [0.2, 0.25) is 82.7 Å². The summed E-state index contributed by atoms with van der Waals surface area (Å²) >= 11 is 0. The first-order valence-electron chi connectivity index (χ1n) is 36.4. The summed E-state index contributed by atoms with van der Waals surface area (Å²) in [4.78, 5) is 284. The number of amides is 14. The Morgan fingerprint density at radius 2 is 1.05 bits per heavy atom. The first kappa shape index (κ1) is 96.4. The average molecular weight is 1630 g/mol. The van der Waals surface area contributed by atoms with Gasteiger partial charge in [0.25, 0.3) is 0 Å². The highest BCUT2D eigenvalue weighted by Gasteiger charge is 2.41. The number of benzene rings is 2. The van der Waals surface area contributed by atoms with Crippen LogP contribution in [0.25, 0.3) is 0 Å². The van der Waals surface area contributed by atoms with Crippen LogP contribution in [0.1, 0.15) is 157 Å². The number of carboxylic acid groups (broad SMARTS) is 5. The van der Waals surface area contributed by atoms with Crippen molar-refractivity contribution >= 4 is 130 Å². The molecule has 0 aromatic heterocycles. The molecule has 1 saturated heterocycles. The maximum atomic E-state index is 14.8. The molecule has 25 N–H and O–H groups in total. The molecule has 0 unspecified atom stereocenters. The van der Waals surface area contributed by atoms with Gasteiger partial charge in [-0.2, -0.15) is 0 Å². The highest BCUT2D eigenvalue weighted by molar-refractivity contribution is 6.05. The van der Waals surface area contributed by atoms with Gasteiger partial charge in [0, 0.05) is 30.5 Å². The number of rotatable bonds is 36. The minimum Gasteiger partial charge on any atom is -0.481 e. The minimum absolute atomic E-state index is 0.0840. The number of anilines is 1. The van der Waals surface area contributed by atoms with Crippen LogP contribution in [0.5, 0.6) is 0 Å². The zero-order valence-corrected chi connectivity index (χ0v) is 63.4. The zero-order chi connectivity index (χ0) is 86.3. The minimum atomic E-state index is -2.48. The molecule has 44 heteroatoms. The normalized spacial score (nSPS) is 21.1. The van der Waals surface area contributed by atoms with E-state index in [1.807, 2.05) is 28.2 Å². The Labute approximate surface area is 656 Å². The van der Waals surface area contributed by atoms with E-state index in [1.165, 1.54) is 48.5 Å². The van der Waals surface area contributed by atoms with Crippen LogP contribution < -0.4 is 86.3 Å². The molecule has 1 aliphatic heterocycles. The Hall–Kier alpha value is -12.8. The fourth-order valence-corrected chi connectivity index (χ4v) is 11.2. The molecule has 13 atom stereocenters. The van der Waals surface area contributed by atoms with E-state index < -0.39 is 267 Å². The number of aliphatic hydroxyl groups excluding tert-OH is 1. The predicted molar refractivity (Wildman–Crippen MR) is 395 cm³/mol. The van der Waals surface area contributed by atoms with Gasteiger partial charge in [0.05, 0.1) is 57.4 Å². The molecule has 0 aliphatic carbocycles. The number of aliphatic carboxylic acids is 4. The number of aromatic carboxylic acids is 1. The monoisotopic (exact) mass is 1620 g/mol. The third-order valence-corrected chi connectivity index (χ3v) is 17.4. The first-order valence-corrected chi connectivity index (χ1v) is 36.4. The van der Waals surface area contributed by atoms with Crippen LogP contribution in [-0.4, -0.2) is 254 Å². The number of nitrogens with two attached hydrogens (primary N) is 3. The third kappa shape index (κ3) is 34.8. The molecule has 115 heavy (non-hydrogen) atoms. The summed E-state index contributed by atoms with van der Waals surface area (Å²) < 4.78 is 5.65. The number of ether oxygens (including phenoxy) is 1. The van der Waals surface area contributed by atoms with Gasteiger partial charge in [-0.15, -0.1) is 0 Å². The lowest BCUT2D eigenvalue weighted by Crippen LogP contribution is -2.62. The van der Waals surface area contributed by atoms with Gasteiger partial charge in [-0.05, 0) is 75.4 Å². The maximum absolute atomic E-state index is 14.8. The van der Waals surface area contributed by atoms with Gasteiger partial charge in [-0.1, -0.05) is 76.6 Å². The smallest absolute Gasteiger partial charge is 0.335 e. The lowest BCUT2D eigenvalue weighted by Gasteiger charge is -2.30. The second-order valence-electron chi connectivity index (χ2n) is 26.9. The quantitative estimate of drug-likeness (QED) is 0.0131. The van der Waals surface area contributed by atoms with Crippen molar-refractivity contribution in [1.29, 1.82) is 0 Å². The highest BCUT2D eigenvalue weighted by atomic mass is 16.5. The molecule has 1 heterocycles. The molecule has 2 aromatic carbocycles. The Kier molecular flexibility index (Phi) is 41.0. The van der Waals surface area contributed by atoms with Crippen LogP contribution >= 0.6 is 0 Å². The molecule has 632 valence electrons. The van der Waals surface area contributed by atoms with E-state index in [0.717, 1.165) is 52.9 Å². The van der Waals surface area contributed by atoms with E-state index in [-0.39, 0.29) is 48.2 Å². The average Bonchev–Trinajstić information content (AvgIpc) is 0.852. The summed E-state index contributed by atoms with van der Waals surface area (Å²) in [5, 5.41) is 87.0. The highest BCUT2D eigenvalue weighted by Crippen LogP contribution is 2.19. The number of nitrogen functional groups attached to an aromatic ring is 1. The Balaban J connectivity index is 2.30. The van der Waals surface area contributed by atoms with Gasteiger partial charge < -0.3 is 122 Å². The fraction of sp³-hybridized carbons (Fsp3) is 0.535. The van der Waals surface area contributed by atoms with Gasteiger partial charge in [0.15, 0.2) is 5.78 Å². The Bertz CT molecular complexity index is 3880. The topological polar surface area (TPSA) is 724 Å². The molecule has 0 saturated carbocycles. The largest absolute Gasteiger partial charge is 0.481 e. The molecule has 0 bridgehead atoms. The van der Waals surface area contributed by atoms with E-state index in [4.69, 9.17) is 21.9 Å². The zero-order valence-electron chi connectivity index (χ0n) is 63.4. The Morgan fingerprint density at radius 1 is 0.530 bits per heavy atom. The standard InChI is InChI=1S/C71H100N16O28/c1-5-6-7-8-9-10-11-18-51(91)79-42(25-37-19-21-38(22-20-37)70(112)113)64(106)82-43(27-50(74)90)65(107)84-46(30-57(100)101)66(108)87-59-36(4)115-71(114)47(26-49(89)39-15-12-13-16-40(39)73)85-69(111)58(34(2)24-54(94)95)86-67(109)48(33-88)80-53(93)31-75-61(103)44(28-55(96)97)81-60(102)35(3)77-63(105)45(29-56(98)99)83-62(104)41(17-14-23-72)78-52(92)32-76-68(59)110/h12-13,15-16,19-22,34-36,41-48,58-59,88H,5-11,14,17-18,23-33,72-73H2,1-4H3,(H2,74,90)(H,75,103)(H,76,110)(H,77,105)(H,78,92)(H,79,91)(H,80,93)(H,81,102)(H,82,106)(H,83,104)(H,84,107)(H,85,111)(H,86,109)(H,87,108)(H,94,95)(H,96,97)(H,98,99)(H,100,101)(H,112,113)/t34-,35+,36+,41-,42-,43-,44-,45-,46-,47-,48+,58-,59-/m0/s1. The summed E-state index contributed by atoms with van der Waals surface area (Å²) in [6, 6.07) is -12.8. The van der Waals surface area contributed by atoms with Crippen molar-refractivity contribution in [2.24, 2.45) is 17.4 Å². The van der Waals surface area contributed by atoms with Crippen molar-refractivity contribution in [1.82, 2.24) is 69.1 Å². The summed E-state index contributed by atoms with van der Waals surface area (Å²) in [6.45, 7) is 0.993. The number of para-hydroxylation sites is 1. The predicted octanol–water partition coefficient (Wildman–Crippen LogP) is -6.40. The maximum Gasteiger partial charge on any atom is 0.335 e. The fourth-order valence-electron chi connectivity index (χ4n) is 11.2. The number of esters is 1. The van der Waals surface area contributed by atoms with Crippen LogP contribution in [0.3, 0.4) is 0 Å². The second kappa shape index (κ2) is 48.9. The molecule has 0 radical (unpaired) electrons. The Morgan fingerprint density at radius 3 is 1.61 bits per heavy atom. The lowest BCUT2D eigenvalue weighted by atomic mass is 9.96. The van der Waals surface area contributed by atoms with Crippen LogP contribution in [0, 0.1) is 5.92 Å². The number of aliphatic hydroxyl groups is 1. The molecule has 1 fully saturated rings. The van der Waals surface area contributed by atoms with E-state index in [9.17, 15) is 131 Å². The van der Waals surface area contributed by atoms with Gasteiger partial charge in [-0.25, -0.2) is 9.59 Å². The van der Waals surface area contributed by atoms with E-state index >= 15 is 0 Å². The lowest BCUT2D eigenvalue weighted by molar-refractivity contribution is -0.156. The first-order chi connectivity index (χ1) is 54.2. The van der Waals surface area contributed by atoms with E-state index in [2.05, 4.69) is 47.9 Å². The second-order valence-corrected chi connectivity index (χ2v) is 26.9. The van der Waals surface area contributed by atoms with Gasteiger partial charge >= 0.3 is 35.8 Å². The molecule has 44 nitrogen and oxygen atoms in total. The van der Waals surface area contributed by atoms with Crippen LogP contribution in [0.15, 0.2) is 48.5 Å². The number of carbonyl (C=O) groups is 21. The van der Waals surface area contributed by atoms with Crippen molar-refractivity contribution in [3.63, 3.8) is 0 Å². The molecular formula is C71H100N16O28. The summed E-state index contributed by atoms with van der Waals surface area (Å²) in [5.74, 6) is -31.6. The molecule has 3 rings (SSSR count). The summed E-state index contributed by atoms with van der Waals surface area (Å²) in [6.07, 6.45) is -4.59. The van der Waals surface area contributed by atoms with E-state index in [0.29, 0.717) is 12.8 Å². The summed E-state index contributed by atoms with van der Waals surface area (Å²) in [5.41, 5.74) is 16.9. The number of hydrogen-bond acceptors (Lipinski definition) is 25. The third-order valence-electron chi connectivity index (χ3n) is 17.4. The molecular weight excluding hydrogens is 1520 g/mol. The van der Waals surface area contributed by atoms with Crippen molar-refractivity contribution < 1.29 is 136 Å². The van der Waals surface area contributed by atoms with Crippen molar-refractivity contribution in [3.8, 4) is 0 Å². The summed E-state index contributed by atoms with van der Waals surface area (Å²) in [7, 11) is 0. The number of primary amides is 1. The van der Waals surface area contributed by atoms with Crippen molar-refractivity contribution in [3.05, 3.63) is 65.2 Å². The molecule has 14 amide bonds. The number of hydrogen-bond donors (Lipinski definition) is 22. The number of nitrogens with one attached hydrogen (secondary N) is 13. The SMILES string of the molecule is CCCCCCCCCC(=O)N[C@@H](Cc1ccc(C(=O)O)cc1)C(=O)N[C@@H](CC(N)=O)C(=O)N[C@@H](CC(=O)O)C(=O)N[C@@H]1C(=O)NCC(=O)N[C@@H](CCCN)C(=O)N[C@@H](CC(=O)O)C(=O)N[C@H](C)C(=O)N[C@@H](CC(=O)O)C(=O)NCC(=O)N[C@H](CO)C(=O)N[C@@H]([C@@H](C)CC(=O)O)C(=O)N[C@@H](CC(=O)c2ccccc2N)C(=O)O[C@@H]1C. The van der Waals surface area contributed by atoms with Crippen molar-refractivity contribution in [2.45, 2.75) is 209 Å². The number of Topliss-reactive ketones (excluding diaryl/α,β-unsaturated/α-hetero) is 1. The van der Waals surface area contributed by atoms with Crippen LogP contribution in [-0.2, 0) is 102 Å². The van der Waals surface area contributed by atoms with Gasteiger partial charge in [-0.3, -0.25) is 91.1 Å². The van der Waals surface area contributed by atoms with Crippen LogP contribution in [0.4, 0.5) is 5.69 Å². The van der Waals surface area contributed by atoms with Gasteiger partial charge in [0.1, 0.15) is 72.6 Å². The number of cyclic esters (lactones) is 1. The molecule has 2 aromatic rings. The number of carboxylic acids is 5. The number of unbranched alkanes of at least 4 members (excludes halogenated alkanes) is 6. The molecule has 0 spiro atoms. The van der Waals surface area contributed by atoms with E-state index in [1.54, 1.807) is 0 Å².